The first-order chi connectivity index (χ1) is 9.13. The molecule has 0 atom stereocenters. The number of aromatic nitrogens is 4. The summed E-state index contributed by atoms with van der Waals surface area (Å²) in [6.45, 7) is 4.56. The summed E-state index contributed by atoms with van der Waals surface area (Å²) >= 11 is 5.74. The van der Waals surface area contributed by atoms with Crippen LogP contribution < -0.4 is 5.32 Å². The van der Waals surface area contributed by atoms with Crippen LogP contribution in [0, 0.1) is 0 Å². The molecular weight excluding hydrogens is 266 g/mol. The molecule has 0 fully saturated rings. The molecule has 0 saturated heterocycles. The van der Waals surface area contributed by atoms with Gasteiger partial charge in [0.2, 0.25) is 0 Å². The minimum atomic E-state index is -0.260. The van der Waals surface area contributed by atoms with E-state index in [0.717, 1.165) is 12.1 Å². The van der Waals surface area contributed by atoms with Crippen molar-refractivity contribution in [1.29, 1.82) is 0 Å². The van der Waals surface area contributed by atoms with Crippen LogP contribution >= 0.6 is 11.6 Å². The minimum Gasteiger partial charge on any atom is -0.305 e. The highest BCUT2D eigenvalue weighted by Gasteiger charge is 2.14. The van der Waals surface area contributed by atoms with E-state index in [2.05, 4.69) is 20.4 Å². The Morgan fingerprint density at radius 2 is 2.16 bits per heavy atom. The summed E-state index contributed by atoms with van der Waals surface area (Å²) in [6, 6.07) is 3.27. The number of nitrogens with one attached hydrogen (secondary N) is 1. The summed E-state index contributed by atoms with van der Waals surface area (Å²) in [5.74, 6) is 0.107. The van der Waals surface area contributed by atoms with Crippen molar-refractivity contribution in [2.24, 2.45) is 0 Å². The van der Waals surface area contributed by atoms with Gasteiger partial charge in [-0.3, -0.25) is 9.48 Å². The van der Waals surface area contributed by atoms with Gasteiger partial charge in [-0.2, -0.15) is 5.10 Å². The van der Waals surface area contributed by atoms with Crippen LogP contribution in [0.1, 0.15) is 30.0 Å². The molecule has 7 heteroatoms. The molecule has 100 valence electrons. The Morgan fingerprint density at radius 1 is 1.37 bits per heavy atom. The fraction of sp³-hybridized carbons (Fsp3) is 0.333. The monoisotopic (exact) mass is 279 g/mol. The highest BCUT2D eigenvalue weighted by molar-refractivity contribution is 6.29. The summed E-state index contributed by atoms with van der Waals surface area (Å²) in [5, 5.41) is 7.28. The molecule has 1 amide bonds. The van der Waals surface area contributed by atoms with Gasteiger partial charge in [0.05, 0.1) is 5.69 Å². The van der Waals surface area contributed by atoms with E-state index in [-0.39, 0.29) is 11.1 Å². The Hall–Kier alpha value is -1.95. The molecule has 19 heavy (non-hydrogen) atoms. The van der Waals surface area contributed by atoms with Gasteiger partial charge in [0.1, 0.15) is 23.0 Å². The van der Waals surface area contributed by atoms with E-state index in [0.29, 0.717) is 18.1 Å². The first kappa shape index (κ1) is 13.5. The zero-order valence-corrected chi connectivity index (χ0v) is 11.5. The molecule has 0 aromatic carbocycles. The van der Waals surface area contributed by atoms with Crippen molar-refractivity contribution in [2.75, 3.05) is 5.32 Å². The molecule has 0 aliphatic carbocycles. The molecule has 2 aromatic heterocycles. The third-order valence-electron chi connectivity index (χ3n) is 2.60. The van der Waals surface area contributed by atoms with Crippen molar-refractivity contribution >= 4 is 23.3 Å². The predicted octanol–water partition coefficient (Wildman–Crippen LogP) is 2.16. The van der Waals surface area contributed by atoms with E-state index in [1.54, 1.807) is 10.7 Å². The maximum Gasteiger partial charge on any atom is 0.275 e. The standard InChI is InChI=1S/C12H14ClN5O/c1-3-8-5-9(18(4-2)17-8)12(19)16-11-6-10(13)14-7-15-11/h5-7H,3-4H2,1-2H3,(H,14,15,16,19). The molecule has 0 spiro atoms. The Kier molecular flexibility index (Phi) is 4.11. The summed E-state index contributed by atoms with van der Waals surface area (Å²) < 4.78 is 1.66. The Balaban J connectivity index is 2.22. The molecule has 0 aliphatic heterocycles. The van der Waals surface area contributed by atoms with Crippen LogP contribution in [0.25, 0.3) is 0 Å². The maximum absolute atomic E-state index is 12.2. The Bertz CT molecular complexity index is 596. The number of anilines is 1. The molecule has 2 heterocycles. The molecule has 1 N–H and O–H groups in total. The summed E-state index contributed by atoms with van der Waals surface area (Å²) in [5.41, 5.74) is 1.39. The summed E-state index contributed by atoms with van der Waals surface area (Å²) in [7, 11) is 0. The van der Waals surface area contributed by atoms with Gasteiger partial charge in [-0.1, -0.05) is 18.5 Å². The first-order valence-corrected chi connectivity index (χ1v) is 6.37. The number of nitrogens with zero attached hydrogens (tertiary/aromatic N) is 4. The average molecular weight is 280 g/mol. The molecule has 0 saturated carbocycles. The van der Waals surface area contributed by atoms with Crippen LogP contribution in [0.4, 0.5) is 5.82 Å². The molecule has 0 aliphatic rings. The van der Waals surface area contributed by atoms with E-state index >= 15 is 0 Å². The number of hydrogen-bond donors (Lipinski definition) is 1. The number of carbonyl (C=O) groups excluding carboxylic acids is 1. The van der Waals surface area contributed by atoms with Gasteiger partial charge in [-0.15, -0.1) is 0 Å². The van der Waals surface area contributed by atoms with Crippen molar-refractivity contribution in [3.63, 3.8) is 0 Å². The second-order valence-electron chi connectivity index (χ2n) is 3.87. The summed E-state index contributed by atoms with van der Waals surface area (Å²) in [6.07, 6.45) is 2.08. The molecule has 0 bridgehead atoms. The van der Waals surface area contributed by atoms with E-state index in [1.807, 2.05) is 13.8 Å². The van der Waals surface area contributed by atoms with Crippen molar-refractivity contribution in [3.8, 4) is 0 Å². The minimum absolute atomic E-state index is 0.260. The second-order valence-corrected chi connectivity index (χ2v) is 4.26. The number of aryl methyl sites for hydroxylation is 2. The maximum atomic E-state index is 12.2. The molecule has 2 rings (SSSR count). The van der Waals surface area contributed by atoms with E-state index in [9.17, 15) is 4.79 Å². The predicted molar refractivity (Wildman–Crippen MR) is 72.3 cm³/mol. The third kappa shape index (κ3) is 3.08. The van der Waals surface area contributed by atoms with Crippen molar-refractivity contribution < 1.29 is 4.79 Å². The van der Waals surface area contributed by atoms with Crippen LogP contribution in [-0.2, 0) is 13.0 Å². The van der Waals surface area contributed by atoms with Gasteiger partial charge in [0.15, 0.2) is 0 Å². The smallest absolute Gasteiger partial charge is 0.275 e. The van der Waals surface area contributed by atoms with Crippen LogP contribution in [0.5, 0.6) is 0 Å². The quantitative estimate of drug-likeness (QED) is 0.871. The van der Waals surface area contributed by atoms with E-state index < -0.39 is 0 Å². The molecule has 2 aromatic rings. The van der Waals surface area contributed by atoms with E-state index in [1.165, 1.54) is 12.4 Å². The van der Waals surface area contributed by atoms with Crippen LogP contribution in [0.3, 0.4) is 0 Å². The fourth-order valence-electron chi connectivity index (χ4n) is 1.65. The van der Waals surface area contributed by atoms with Crippen LogP contribution in [0.15, 0.2) is 18.5 Å². The zero-order valence-electron chi connectivity index (χ0n) is 10.7. The lowest BCUT2D eigenvalue weighted by Gasteiger charge is -2.05. The van der Waals surface area contributed by atoms with Gasteiger partial charge in [0.25, 0.3) is 5.91 Å². The molecule has 6 nitrogen and oxygen atoms in total. The largest absolute Gasteiger partial charge is 0.305 e. The van der Waals surface area contributed by atoms with Crippen LogP contribution in [-0.4, -0.2) is 25.7 Å². The highest BCUT2D eigenvalue weighted by Crippen LogP contribution is 2.12. The number of amides is 1. The highest BCUT2D eigenvalue weighted by atomic mass is 35.5. The van der Waals surface area contributed by atoms with Gasteiger partial charge >= 0.3 is 0 Å². The zero-order chi connectivity index (χ0) is 13.8. The lowest BCUT2D eigenvalue weighted by Crippen LogP contribution is -2.18. The third-order valence-corrected chi connectivity index (χ3v) is 2.81. The Labute approximate surface area is 115 Å². The van der Waals surface area contributed by atoms with Gasteiger partial charge in [-0.05, 0) is 19.4 Å². The van der Waals surface area contributed by atoms with Gasteiger partial charge in [-0.25, -0.2) is 9.97 Å². The normalized spacial score (nSPS) is 10.5. The van der Waals surface area contributed by atoms with Crippen molar-refractivity contribution in [3.05, 3.63) is 35.0 Å². The number of rotatable bonds is 4. The van der Waals surface area contributed by atoms with Gasteiger partial charge in [0, 0.05) is 12.6 Å². The molecule has 0 radical (unpaired) electrons. The SMILES string of the molecule is CCc1cc(C(=O)Nc2cc(Cl)ncn2)n(CC)n1. The average Bonchev–Trinajstić information content (AvgIpc) is 2.82. The van der Waals surface area contributed by atoms with Gasteiger partial charge < -0.3 is 5.32 Å². The van der Waals surface area contributed by atoms with Crippen molar-refractivity contribution in [2.45, 2.75) is 26.8 Å². The molecule has 0 unspecified atom stereocenters. The number of hydrogen-bond acceptors (Lipinski definition) is 4. The van der Waals surface area contributed by atoms with Crippen LogP contribution in [0.2, 0.25) is 5.15 Å². The Morgan fingerprint density at radius 3 is 2.79 bits per heavy atom. The topological polar surface area (TPSA) is 72.7 Å². The van der Waals surface area contributed by atoms with E-state index in [4.69, 9.17) is 11.6 Å². The molecular formula is C12H14ClN5O. The first-order valence-electron chi connectivity index (χ1n) is 5.99. The number of carbonyl (C=O) groups is 1. The number of halogens is 1. The fourth-order valence-corrected chi connectivity index (χ4v) is 1.80. The summed E-state index contributed by atoms with van der Waals surface area (Å²) in [4.78, 5) is 19.8. The lowest BCUT2D eigenvalue weighted by atomic mass is 10.3. The second kappa shape index (κ2) is 5.79. The lowest BCUT2D eigenvalue weighted by molar-refractivity contribution is 0.101. The van der Waals surface area contributed by atoms with Crippen molar-refractivity contribution in [1.82, 2.24) is 19.7 Å².